The Morgan fingerprint density at radius 3 is 1.62 bits per heavy atom. The minimum absolute atomic E-state index is 0. The summed E-state index contributed by atoms with van der Waals surface area (Å²) in [6, 6.07) is 0. The molecule has 12 heteroatoms. The number of hydrogen-bond donors (Lipinski definition) is 1. The van der Waals surface area contributed by atoms with Gasteiger partial charge in [0.15, 0.2) is 0 Å². The predicted octanol–water partition coefficient (Wildman–Crippen LogP) is 4.92. The Balaban J connectivity index is -0.0000000397. The maximum Gasteiger partial charge on any atom is 0.302 e. The van der Waals surface area contributed by atoms with Gasteiger partial charge in [-0.3, -0.25) is 23.7 Å². The molecule has 0 fully saturated rings. The van der Waals surface area contributed by atoms with E-state index in [9.17, 15) is 14.4 Å². The molecule has 37 heavy (non-hydrogen) atoms. The third-order valence-electron chi connectivity index (χ3n) is 2.77. The second kappa shape index (κ2) is 36.6. The second-order valence-electron chi connectivity index (χ2n) is 5.90. The van der Waals surface area contributed by atoms with Crippen molar-refractivity contribution in [1.29, 1.82) is 5.39 Å². The number of carbonyl (C=O) groups is 3. The highest BCUT2D eigenvalue weighted by molar-refractivity contribution is 5.78. The first-order valence-electron chi connectivity index (χ1n) is 8.68. The van der Waals surface area contributed by atoms with E-state index in [2.05, 4.69) is 37.1 Å². The van der Waals surface area contributed by atoms with Crippen LogP contribution in [0.2, 0.25) is 0 Å². The summed E-state index contributed by atoms with van der Waals surface area (Å²) in [5, 5.41) is 24.6. The largest absolute Gasteiger partial charge is 0.302 e. The normalized spacial score (nSPS) is 6.81. The Hall–Kier alpha value is -3.93. The number of nitrogens with one attached hydrogen (secondary N) is 1. The van der Waals surface area contributed by atoms with Crippen LogP contribution in [0.5, 0.6) is 0 Å². The smallest absolute Gasteiger partial charge is 0.300 e. The van der Waals surface area contributed by atoms with Crippen LogP contribution in [-0.2, 0) is 41.3 Å². The molecule has 0 spiro atoms. The first kappa shape index (κ1) is 58.7. The molecular formula is C25H56N9O3+. The van der Waals surface area contributed by atoms with Gasteiger partial charge in [0.25, 0.3) is 5.39 Å². The van der Waals surface area contributed by atoms with E-state index in [1.54, 1.807) is 42.8 Å². The molecule has 2 rings (SSSR count). The first-order chi connectivity index (χ1) is 14.1. The predicted molar refractivity (Wildman–Crippen MR) is 156 cm³/mol. The molecule has 0 aromatic carbocycles. The highest BCUT2D eigenvalue weighted by Crippen LogP contribution is 1.94. The lowest BCUT2D eigenvalue weighted by Crippen LogP contribution is -2.03. The Bertz CT molecular complexity index is 877. The average Bonchev–Trinajstić information content (AvgIpc) is 3.23. The van der Waals surface area contributed by atoms with Crippen LogP contribution < -0.4 is 5.43 Å². The van der Waals surface area contributed by atoms with Gasteiger partial charge in [0.2, 0.25) is 0 Å². The van der Waals surface area contributed by atoms with Crippen molar-refractivity contribution in [3.05, 3.63) is 28.9 Å². The molecular weight excluding hydrogens is 474 g/mol. The summed E-state index contributed by atoms with van der Waals surface area (Å²) in [5.41, 5.74) is 3.70. The van der Waals surface area contributed by atoms with Crippen LogP contribution in [0.1, 0.15) is 90.6 Å². The minimum Gasteiger partial charge on any atom is -0.300 e. The van der Waals surface area contributed by atoms with E-state index in [-0.39, 0.29) is 75.8 Å². The Labute approximate surface area is 227 Å². The number of aryl methyl sites for hydroxylation is 2. The Morgan fingerprint density at radius 1 is 0.946 bits per heavy atom. The summed E-state index contributed by atoms with van der Waals surface area (Å²) in [5.74, 6) is 2.51. The molecule has 12 nitrogen and oxygen atoms in total. The van der Waals surface area contributed by atoms with Crippen molar-refractivity contribution >= 4 is 17.3 Å². The summed E-state index contributed by atoms with van der Waals surface area (Å²) in [6.45, 7) is 4.56. The quantitative estimate of drug-likeness (QED) is 0.322. The van der Waals surface area contributed by atoms with E-state index in [0.29, 0.717) is 12.8 Å². The van der Waals surface area contributed by atoms with E-state index < -0.39 is 0 Å². The maximum absolute atomic E-state index is 10.6. The van der Waals surface area contributed by atoms with E-state index in [1.807, 2.05) is 0 Å². The molecule has 0 aliphatic rings. The zero-order valence-corrected chi connectivity index (χ0v) is 18.2. The van der Waals surface area contributed by atoms with Crippen molar-refractivity contribution < 1.29 is 14.4 Å². The fourth-order valence-corrected chi connectivity index (χ4v) is 1.60. The molecule has 0 bridgehead atoms. The van der Waals surface area contributed by atoms with Gasteiger partial charge in [-0.15, -0.1) is 16.6 Å². The van der Waals surface area contributed by atoms with Gasteiger partial charge in [-0.2, -0.15) is 0 Å². The van der Waals surface area contributed by atoms with Crippen LogP contribution >= 0.6 is 0 Å². The lowest BCUT2D eigenvalue weighted by atomic mass is 10.2. The zero-order chi connectivity index (χ0) is 23.5. The highest BCUT2D eigenvalue weighted by Gasteiger charge is 2.01. The minimum atomic E-state index is 0. The van der Waals surface area contributed by atoms with Crippen molar-refractivity contribution in [1.82, 2.24) is 35.4 Å². The number of Topliss-reactive ketones (excluding diaryl/α,β-unsaturated/α-hetero) is 3. The third kappa shape index (κ3) is 39.6. The van der Waals surface area contributed by atoms with Gasteiger partial charge in [0.05, 0.1) is 37.5 Å². The van der Waals surface area contributed by atoms with Crippen LogP contribution in [0.4, 0.5) is 0 Å². The van der Waals surface area contributed by atoms with Crippen LogP contribution in [0.3, 0.4) is 0 Å². The van der Waals surface area contributed by atoms with Gasteiger partial charge < -0.3 is 0 Å². The molecule has 0 aliphatic carbocycles. The first-order valence-corrected chi connectivity index (χ1v) is 8.68. The number of hydrogen-bond acceptors (Lipinski definition) is 9. The van der Waals surface area contributed by atoms with E-state index in [0.717, 1.165) is 11.4 Å². The SMILES string of the molecule is C.C.C.C.C.C.C.C#CCC(C)=O.CC(=O)Cc1cn(C)nn1.CC(=O)Cc1cnnn1C.CN[N+]#N. The molecule has 0 unspecified atom stereocenters. The molecule has 2 heterocycles. The molecule has 0 saturated heterocycles. The van der Waals surface area contributed by atoms with E-state index in [4.69, 9.17) is 11.8 Å². The van der Waals surface area contributed by atoms with Gasteiger partial charge >= 0.3 is 5.08 Å². The van der Waals surface area contributed by atoms with Gasteiger partial charge in [-0.25, -0.2) is 0 Å². The van der Waals surface area contributed by atoms with Gasteiger partial charge in [0.1, 0.15) is 17.3 Å². The van der Waals surface area contributed by atoms with Crippen LogP contribution in [0, 0.1) is 17.7 Å². The van der Waals surface area contributed by atoms with Gasteiger partial charge in [0, 0.05) is 26.7 Å². The fraction of sp³-hybridized carbons (Fsp3) is 0.640. The van der Waals surface area contributed by atoms with Crippen LogP contribution in [0.15, 0.2) is 12.4 Å². The van der Waals surface area contributed by atoms with Crippen LogP contribution in [0.25, 0.3) is 5.08 Å². The number of diazo groups is 1. The Kier molecular flexibility index (Phi) is 58.1. The molecule has 1 N–H and O–H groups in total. The monoisotopic (exact) mass is 530 g/mol. The van der Waals surface area contributed by atoms with Crippen molar-refractivity contribution in [2.75, 3.05) is 7.05 Å². The third-order valence-corrected chi connectivity index (χ3v) is 2.77. The van der Waals surface area contributed by atoms with Crippen molar-refractivity contribution in [3.8, 4) is 12.3 Å². The van der Waals surface area contributed by atoms with Gasteiger partial charge in [-0.1, -0.05) is 68.3 Å². The summed E-state index contributed by atoms with van der Waals surface area (Å²) in [6.07, 6.45) is 9.16. The number of nitrogens with zero attached hydrogens (tertiary/aromatic N) is 8. The summed E-state index contributed by atoms with van der Waals surface area (Å²) in [4.78, 5) is 31.0. The van der Waals surface area contributed by atoms with Crippen molar-refractivity contribution in [2.45, 2.75) is 92.0 Å². The maximum atomic E-state index is 10.6. The summed E-state index contributed by atoms with van der Waals surface area (Å²) < 4.78 is 3.18. The number of ketones is 3. The van der Waals surface area contributed by atoms with Crippen molar-refractivity contribution in [2.24, 2.45) is 14.1 Å². The molecule has 0 atom stereocenters. The topological polar surface area (TPSA) is 153 Å². The average molecular weight is 531 g/mol. The number of rotatable bonds is 5. The highest BCUT2D eigenvalue weighted by atomic mass is 16.1. The fourth-order valence-electron chi connectivity index (χ4n) is 1.60. The number of carbonyl (C=O) groups excluding carboxylic acids is 3. The molecule has 0 aliphatic heterocycles. The van der Waals surface area contributed by atoms with Crippen molar-refractivity contribution in [3.63, 3.8) is 0 Å². The lowest BCUT2D eigenvalue weighted by molar-refractivity contribution is -0.117. The number of terminal acetylenes is 1. The van der Waals surface area contributed by atoms with Gasteiger partial charge in [-0.05, 0) is 26.2 Å². The molecule has 0 amide bonds. The molecule has 2 aromatic rings. The summed E-state index contributed by atoms with van der Waals surface area (Å²) in [7, 11) is 5.06. The molecule has 2 aromatic heterocycles. The van der Waals surface area contributed by atoms with E-state index in [1.165, 1.54) is 20.9 Å². The molecule has 0 radical (unpaired) electrons. The van der Waals surface area contributed by atoms with E-state index >= 15 is 0 Å². The summed E-state index contributed by atoms with van der Waals surface area (Å²) >= 11 is 0. The molecule has 218 valence electrons. The lowest BCUT2D eigenvalue weighted by Gasteiger charge is -1.93. The van der Waals surface area contributed by atoms with Crippen LogP contribution in [-0.4, -0.2) is 54.4 Å². The molecule has 0 saturated carbocycles. The zero-order valence-electron chi connectivity index (χ0n) is 18.2. The second-order valence-corrected chi connectivity index (χ2v) is 5.90. The standard InChI is InChI=1S/2C6H9N3O.C5H6O.CH4N3.7CH4/c1-5(10)3-6-4-9(2)8-7-6;1-5(10)3-6-4-7-8-9(6)2;1-3-4-5(2)6;1-3-4-2;;;;;;;/h2*4H,3H2,1-2H3;1H,4H2,2H3;3H,1H3;7*1H4/q;;;+1;;;;;;;. The Morgan fingerprint density at radius 2 is 1.41 bits per heavy atom. The number of aromatic nitrogens is 6.